The van der Waals surface area contributed by atoms with Gasteiger partial charge in [0.2, 0.25) is 11.8 Å². The van der Waals surface area contributed by atoms with Gasteiger partial charge in [0.25, 0.3) is 15.7 Å². The molecule has 3 aromatic carbocycles. The molecule has 0 saturated heterocycles. The minimum atomic E-state index is -4.33. The molecule has 0 bridgehead atoms. The number of carbonyl (C=O) groups is 2. The van der Waals surface area contributed by atoms with Crippen molar-refractivity contribution < 1.29 is 22.9 Å². The first-order valence-corrected chi connectivity index (χ1v) is 15.5. The molecule has 1 aliphatic carbocycles. The average molecular weight is 613 g/mol. The number of non-ortho nitro benzene ring substituents is 1. The molecule has 1 atom stereocenters. The summed E-state index contributed by atoms with van der Waals surface area (Å²) < 4.78 is 28.5. The van der Waals surface area contributed by atoms with Crippen molar-refractivity contribution >= 4 is 44.8 Å². The standard InChI is InChI=1S/C30H33ClN4O6S/c1-22(30(37)32-25-9-4-2-5-10-25)33(20-23-15-17-24(31)18-16-23)29(36)21-34(26-11-8-12-27(19-26)35(38)39)42(40,41)28-13-6-3-7-14-28/h3,6-8,11-19,22,25H,2,4-5,9-10,20-21H2,1H3,(H,32,37). The summed E-state index contributed by atoms with van der Waals surface area (Å²) in [5.74, 6) is -0.987. The number of rotatable bonds is 11. The zero-order valence-electron chi connectivity index (χ0n) is 23.2. The molecular weight excluding hydrogens is 580 g/mol. The Bertz CT molecular complexity index is 1510. The third kappa shape index (κ3) is 7.65. The Balaban J connectivity index is 1.69. The highest BCUT2D eigenvalue weighted by atomic mass is 35.5. The molecule has 42 heavy (non-hydrogen) atoms. The summed E-state index contributed by atoms with van der Waals surface area (Å²) in [6.07, 6.45) is 4.87. The van der Waals surface area contributed by atoms with Crippen LogP contribution in [0.3, 0.4) is 0 Å². The normalized spacial score (nSPS) is 14.5. The quantitative estimate of drug-likeness (QED) is 0.231. The van der Waals surface area contributed by atoms with Crippen LogP contribution in [0, 0.1) is 10.1 Å². The fourth-order valence-corrected chi connectivity index (χ4v) is 6.50. The Morgan fingerprint density at radius 3 is 2.31 bits per heavy atom. The Morgan fingerprint density at radius 1 is 1.00 bits per heavy atom. The molecule has 10 nitrogen and oxygen atoms in total. The van der Waals surface area contributed by atoms with Crippen LogP contribution in [-0.4, -0.2) is 48.7 Å². The number of halogens is 1. The van der Waals surface area contributed by atoms with Gasteiger partial charge in [-0.15, -0.1) is 0 Å². The second-order valence-electron chi connectivity index (χ2n) is 10.3. The number of anilines is 1. The zero-order chi connectivity index (χ0) is 30.3. The van der Waals surface area contributed by atoms with Gasteiger partial charge in [0.05, 0.1) is 15.5 Å². The van der Waals surface area contributed by atoms with Crippen LogP contribution >= 0.6 is 11.6 Å². The molecule has 1 aliphatic rings. The number of benzene rings is 3. The number of hydrogen-bond acceptors (Lipinski definition) is 6. The minimum Gasteiger partial charge on any atom is -0.352 e. The molecule has 1 N–H and O–H groups in total. The predicted molar refractivity (Wildman–Crippen MR) is 161 cm³/mol. The van der Waals surface area contributed by atoms with Gasteiger partial charge in [-0.25, -0.2) is 8.42 Å². The third-order valence-electron chi connectivity index (χ3n) is 7.32. The van der Waals surface area contributed by atoms with Crippen molar-refractivity contribution in [2.45, 2.75) is 62.6 Å². The highest BCUT2D eigenvalue weighted by molar-refractivity contribution is 7.92. The van der Waals surface area contributed by atoms with Crippen molar-refractivity contribution in [1.82, 2.24) is 10.2 Å². The Hall–Kier alpha value is -3.96. The second kappa shape index (κ2) is 13.8. The van der Waals surface area contributed by atoms with Crippen LogP contribution in [-0.2, 0) is 26.2 Å². The van der Waals surface area contributed by atoms with E-state index >= 15 is 0 Å². The molecule has 12 heteroatoms. The molecule has 0 spiro atoms. The van der Waals surface area contributed by atoms with Gasteiger partial charge in [-0.1, -0.05) is 67.3 Å². The fraction of sp³-hybridized carbons (Fsp3) is 0.333. The first kappa shape index (κ1) is 31.0. The maximum absolute atomic E-state index is 14.0. The Kier molecular flexibility index (Phi) is 10.2. The summed E-state index contributed by atoms with van der Waals surface area (Å²) in [4.78, 5) is 39.5. The summed E-state index contributed by atoms with van der Waals surface area (Å²) >= 11 is 6.05. The van der Waals surface area contributed by atoms with Crippen molar-refractivity contribution in [2.75, 3.05) is 10.8 Å². The summed E-state index contributed by atoms with van der Waals surface area (Å²) in [6.45, 7) is 0.936. The Morgan fingerprint density at radius 2 is 1.67 bits per heavy atom. The fourth-order valence-electron chi connectivity index (χ4n) is 4.95. The number of sulfonamides is 1. The van der Waals surface area contributed by atoms with Crippen LogP contribution in [0.1, 0.15) is 44.6 Å². The van der Waals surface area contributed by atoms with Crippen LogP contribution in [0.2, 0.25) is 5.02 Å². The van der Waals surface area contributed by atoms with Crippen molar-refractivity contribution in [2.24, 2.45) is 0 Å². The molecule has 1 unspecified atom stereocenters. The van der Waals surface area contributed by atoms with Gasteiger partial charge in [0.1, 0.15) is 12.6 Å². The van der Waals surface area contributed by atoms with Crippen molar-refractivity contribution in [1.29, 1.82) is 0 Å². The largest absolute Gasteiger partial charge is 0.352 e. The molecule has 2 amide bonds. The second-order valence-corrected chi connectivity index (χ2v) is 12.6. The van der Waals surface area contributed by atoms with Crippen molar-refractivity contribution in [3.8, 4) is 0 Å². The topological polar surface area (TPSA) is 130 Å². The molecule has 0 aromatic heterocycles. The van der Waals surface area contributed by atoms with E-state index in [-0.39, 0.29) is 34.8 Å². The van der Waals surface area contributed by atoms with E-state index in [4.69, 9.17) is 11.6 Å². The Labute approximate surface area is 250 Å². The van der Waals surface area contributed by atoms with E-state index in [0.717, 1.165) is 42.5 Å². The lowest BCUT2D eigenvalue weighted by molar-refractivity contribution is -0.384. The zero-order valence-corrected chi connectivity index (χ0v) is 24.8. The van der Waals surface area contributed by atoms with Gasteiger partial charge in [-0.2, -0.15) is 0 Å². The smallest absolute Gasteiger partial charge is 0.271 e. The van der Waals surface area contributed by atoms with Crippen LogP contribution in [0.5, 0.6) is 0 Å². The van der Waals surface area contributed by atoms with Crippen molar-refractivity contribution in [3.63, 3.8) is 0 Å². The molecule has 3 aromatic rings. The van der Waals surface area contributed by atoms with Gasteiger partial charge in [-0.3, -0.25) is 24.0 Å². The number of amides is 2. The maximum Gasteiger partial charge on any atom is 0.271 e. The monoisotopic (exact) mass is 612 g/mol. The van der Waals surface area contributed by atoms with E-state index < -0.39 is 33.4 Å². The predicted octanol–water partition coefficient (Wildman–Crippen LogP) is 5.31. The number of nitro benzene ring substituents is 1. The lowest BCUT2D eigenvalue weighted by Crippen LogP contribution is -2.53. The molecule has 0 heterocycles. The molecular formula is C30H33ClN4O6S. The summed E-state index contributed by atoms with van der Waals surface area (Å²) in [5, 5.41) is 15.0. The number of nitro groups is 1. The summed E-state index contributed by atoms with van der Waals surface area (Å²) in [6, 6.07) is 18.5. The molecule has 1 saturated carbocycles. The third-order valence-corrected chi connectivity index (χ3v) is 9.36. The highest BCUT2D eigenvalue weighted by Gasteiger charge is 2.33. The van der Waals surface area contributed by atoms with E-state index in [9.17, 15) is 28.1 Å². The minimum absolute atomic E-state index is 0.0148. The molecule has 1 fully saturated rings. The molecule has 0 radical (unpaired) electrons. The van der Waals surface area contributed by atoms with Crippen LogP contribution in [0.4, 0.5) is 11.4 Å². The average Bonchev–Trinajstić information content (AvgIpc) is 3.00. The van der Waals surface area contributed by atoms with Gasteiger partial charge in [-0.05, 0) is 55.7 Å². The van der Waals surface area contributed by atoms with E-state index in [1.54, 1.807) is 49.4 Å². The molecule has 0 aliphatic heterocycles. The maximum atomic E-state index is 14.0. The first-order chi connectivity index (χ1) is 20.1. The number of nitrogens with zero attached hydrogens (tertiary/aromatic N) is 3. The molecule has 4 rings (SSSR count). The number of nitrogens with one attached hydrogen (secondary N) is 1. The van der Waals surface area contributed by atoms with E-state index in [0.29, 0.717) is 10.6 Å². The number of carbonyl (C=O) groups excluding carboxylic acids is 2. The van der Waals surface area contributed by atoms with E-state index in [1.807, 2.05) is 0 Å². The van der Waals surface area contributed by atoms with Gasteiger partial charge >= 0.3 is 0 Å². The first-order valence-electron chi connectivity index (χ1n) is 13.7. The van der Waals surface area contributed by atoms with E-state index in [1.165, 1.54) is 35.2 Å². The van der Waals surface area contributed by atoms with E-state index in [2.05, 4.69) is 5.32 Å². The van der Waals surface area contributed by atoms with Crippen LogP contribution in [0.25, 0.3) is 0 Å². The SMILES string of the molecule is CC(C(=O)NC1CCCCC1)N(Cc1ccc(Cl)cc1)C(=O)CN(c1cccc([N+](=O)[O-])c1)S(=O)(=O)c1ccccc1. The van der Waals surface area contributed by atoms with Gasteiger partial charge in [0.15, 0.2) is 0 Å². The van der Waals surface area contributed by atoms with Crippen LogP contribution in [0.15, 0.2) is 83.8 Å². The number of hydrogen-bond donors (Lipinski definition) is 1. The van der Waals surface area contributed by atoms with Crippen molar-refractivity contribution in [3.05, 3.63) is 99.6 Å². The molecule has 222 valence electrons. The van der Waals surface area contributed by atoms with Gasteiger partial charge in [0, 0.05) is 29.7 Å². The summed E-state index contributed by atoms with van der Waals surface area (Å²) in [7, 11) is -4.33. The lowest BCUT2D eigenvalue weighted by Gasteiger charge is -2.33. The lowest BCUT2D eigenvalue weighted by atomic mass is 9.95. The summed E-state index contributed by atoms with van der Waals surface area (Å²) in [5.41, 5.74) is 0.316. The van der Waals surface area contributed by atoms with Crippen LogP contribution < -0.4 is 9.62 Å². The highest BCUT2D eigenvalue weighted by Crippen LogP contribution is 2.28. The van der Waals surface area contributed by atoms with Gasteiger partial charge < -0.3 is 10.2 Å².